The second-order valence-corrected chi connectivity index (χ2v) is 6.98. The minimum atomic E-state index is -3.52. The molecule has 0 amide bonds. The molecule has 5 nitrogen and oxygen atoms in total. The van der Waals surface area contributed by atoms with Gasteiger partial charge in [-0.1, -0.05) is 18.6 Å². The molecule has 0 aromatic heterocycles. The smallest absolute Gasteiger partial charge is 0.279 e. The number of nitrogens with one attached hydrogen (secondary N) is 1. The van der Waals surface area contributed by atoms with Gasteiger partial charge in [0.05, 0.1) is 0 Å². The normalized spacial score (nSPS) is 20.6. The lowest BCUT2D eigenvalue weighted by Crippen LogP contribution is -2.51. The second kappa shape index (κ2) is 7.31. The van der Waals surface area contributed by atoms with Crippen LogP contribution in [0.1, 0.15) is 24.8 Å². The van der Waals surface area contributed by atoms with Gasteiger partial charge in [-0.05, 0) is 37.0 Å². The number of hydrogen-bond donors (Lipinski definition) is 2. The van der Waals surface area contributed by atoms with Crippen molar-refractivity contribution in [1.82, 2.24) is 9.03 Å². The molecule has 21 heavy (non-hydrogen) atoms. The SMILES string of the molecule is NCC1CCCCN1S(=O)(=O)NCCc1cccc(F)c1. The fraction of sp³-hybridized carbons (Fsp3) is 0.571. The molecule has 3 N–H and O–H groups in total. The van der Waals surface area contributed by atoms with E-state index in [9.17, 15) is 12.8 Å². The molecule has 1 aliphatic rings. The van der Waals surface area contributed by atoms with Gasteiger partial charge in [-0.15, -0.1) is 0 Å². The first-order valence-electron chi connectivity index (χ1n) is 7.24. The molecule has 2 rings (SSSR count). The van der Waals surface area contributed by atoms with Crippen molar-refractivity contribution in [2.45, 2.75) is 31.7 Å². The van der Waals surface area contributed by atoms with E-state index in [0.717, 1.165) is 24.8 Å². The largest absolute Gasteiger partial charge is 0.329 e. The van der Waals surface area contributed by atoms with Gasteiger partial charge < -0.3 is 5.73 Å². The van der Waals surface area contributed by atoms with Crippen LogP contribution in [0.25, 0.3) is 0 Å². The first-order chi connectivity index (χ1) is 10.0. The van der Waals surface area contributed by atoms with E-state index in [-0.39, 0.29) is 18.4 Å². The van der Waals surface area contributed by atoms with Crippen LogP contribution in [-0.4, -0.2) is 38.4 Å². The highest BCUT2D eigenvalue weighted by atomic mass is 32.2. The Hall–Kier alpha value is -1.02. The van der Waals surface area contributed by atoms with Gasteiger partial charge in [0, 0.05) is 25.7 Å². The quantitative estimate of drug-likeness (QED) is 0.823. The number of benzene rings is 1. The average Bonchev–Trinajstić information content (AvgIpc) is 2.47. The molecule has 1 saturated heterocycles. The highest BCUT2D eigenvalue weighted by Gasteiger charge is 2.30. The van der Waals surface area contributed by atoms with Crippen LogP contribution in [0.3, 0.4) is 0 Å². The zero-order chi connectivity index (χ0) is 15.3. The standard InChI is InChI=1S/C14H22FN3O2S/c15-13-5-3-4-12(10-13)7-8-17-21(19,20)18-9-2-1-6-14(18)11-16/h3-5,10,14,17H,1-2,6-9,11,16H2. The van der Waals surface area contributed by atoms with E-state index in [4.69, 9.17) is 5.73 Å². The van der Waals surface area contributed by atoms with Crippen molar-refractivity contribution < 1.29 is 12.8 Å². The molecule has 1 atom stereocenters. The molecule has 0 saturated carbocycles. The summed E-state index contributed by atoms with van der Waals surface area (Å²) in [5.41, 5.74) is 6.42. The fourth-order valence-electron chi connectivity index (χ4n) is 2.63. The number of piperidine rings is 1. The molecule has 1 fully saturated rings. The van der Waals surface area contributed by atoms with Crippen LogP contribution >= 0.6 is 0 Å². The first-order valence-corrected chi connectivity index (χ1v) is 8.68. The summed E-state index contributed by atoms with van der Waals surface area (Å²) in [5.74, 6) is -0.311. The minimum absolute atomic E-state index is 0.120. The molecule has 118 valence electrons. The minimum Gasteiger partial charge on any atom is -0.329 e. The Morgan fingerprint density at radius 1 is 1.38 bits per heavy atom. The summed E-state index contributed by atoms with van der Waals surface area (Å²) in [6.07, 6.45) is 3.14. The number of halogens is 1. The van der Waals surface area contributed by atoms with E-state index in [0.29, 0.717) is 19.5 Å². The van der Waals surface area contributed by atoms with Gasteiger partial charge in [0.25, 0.3) is 10.2 Å². The van der Waals surface area contributed by atoms with E-state index in [1.807, 2.05) is 0 Å². The Morgan fingerprint density at radius 3 is 2.90 bits per heavy atom. The van der Waals surface area contributed by atoms with Crippen molar-refractivity contribution in [3.63, 3.8) is 0 Å². The summed E-state index contributed by atoms with van der Waals surface area (Å²) in [6.45, 7) is 1.10. The summed E-state index contributed by atoms with van der Waals surface area (Å²) < 4.78 is 41.7. The van der Waals surface area contributed by atoms with E-state index < -0.39 is 10.2 Å². The molecule has 1 unspecified atom stereocenters. The first kappa shape index (κ1) is 16.4. The molecular formula is C14H22FN3O2S. The molecule has 1 aromatic carbocycles. The Bertz CT molecular complexity index is 565. The van der Waals surface area contributed by atoms with E-state index in [2.05, 4.69) is 4.72 Å². The van der Waals surface area contributed by atoms with Crippen LogP contribution in [0.15, 0.2) is 24.3 Å². The number of rotatable bonds is 6. The summed E-state index contributed by atoms with van der Waals surface area (Å²) in [5, 5.41) is 0. The van der Waals surface area contributed by atoms with Crippen molar-refractivity contribution in [3.05, 3.63) is 35.6 Å². The van der Waals surface area contributed by atoms with Gasteiger partial charge in [0.2, 0.25) is 0 Å². The molecule has 0 spiro atoms. The monoisotopic (exact) mass is 315 g/mol. The molecule has 0 radical (unpaired) electrons. The van der Waals surface area contributed by atoms with Crippen LogP contribution in [-0.2, 0) is 16.6 Å². The third kappa shape index (κ3) is 4.47. The maximum atomic E-state index is 13.1. The van der Waals surface area contributed by atoms with Crippen LogP contribution in [0.5, 0.6) is 0 Å². The second-order valence-electron chi connectivity index (χ2n) is 5.28. The zero-order valence-corrected chi connectivity index (χ0v) is 12.8. The lowest BCUT2D eigenvalue weighted by atomic mass is 10.1. The highest BCUT2D eigenvalue weighted by Crippen LogP contribution is 2.18. The van der Waals surface area contributed by atoms with E-state index in [1.165, 1.54) is 16.4 Å². The predicted molar refractivity (Wildman–Crippen MR) is 80.4 cm³/mol. The van der Waals surface area contributed by atoms with Crippen LogP contribution in [0.4, 0.5) is 4.39 Å². The zero-order valence-electron chi connectivity index (χ0n) is 12.0. The van der Waals surface area contributed by atoms with Crippen molar-refractivity contribution in [2.24, 2.45) is 5.73 Å². The lowest BCUT2D eigenvalue weighted by Gasteiger charge is -2.33. The molecule has 1 aliphatic heterocycles. The summed E-state index contributed by atoms with van der Waals surface area (Å²) in [7, 11) is -3.52. The van der Waals surface area contributed by atoms with Gasteiger partial charge in [0.1, 0.15) is 5.82 Å². The Labute approximate surface area is 125 Å². The summed E-state index contributed by atoms with van der Waals surface area (Å²) >= 11 is 0. The molecule has 1 aromatic rings. The number of hydrogen-bond acceptors (Lipinski definition) is 3. The van der Waals surface area contributed by atoms with Gasteiger partial charge >= 0.3 is 0 Å². The van der Waals surface area contributed by atoms with Crippen molar-refractivity contribution in [1.29, 1.82) is 0 Å². The Kier molecular flexibility index (Phi) is 5.69. The van der Waals surface area contributed by atoms with Gasteiger partial charge in [-0.3, -0.25) is 0 Å². The molecule has 0 aliphatic carbocycles. The predicted octanol–water partition coefficient (Wildman–Crippen LogP) is 1.02. The van der Waals surface area contributed by atoms with Crippen molar-refractivity contribution in [3.8, 4) is 0 Å². The summed E-state index contributed by atoms with van der Waals surface area (Å²) in [6, 6.07) is 6.06. The van der Waals surface area contributed by atoms with Gasteiger partial charge in [0.15, 0.2) is 0 Å². The molecule has 7 heteroatoms. The van der Waals surface area contributed by atoms with Gasteiger partial charge in [-0.25, -0.2) is 9.11 Å². The number of nitrogens with zero attached hydrogens (tertiary/aromatic N) is 1. The van der Waals surface area contributed by atoms with Crippen molar-refractivity contribution in [2.75, 3.05) is 19.6 Å². The topological polar surface area (TPSA) is 75.4 Å². The number of nitrogens with two attached hydrogens (primary N) is 1. The van der Waals surface area contributed by atoms with Gasteiger partial charge in [-0.2, -0.15) is 12.7 Å². The third-order valence-corrected chi connectivity index (χ3v) is 5.41. The fourth-order valence-corrected chi connectivity index (χ4v) is 4.11. The van der Waals surface area contributed by atoms with Crippen LogP contribution < -0.4 is 10.5 Å². The Balaban J connectivity index is 1.91. The van der Waals surface area contributed by atoms with Crippen LogP contribution in [0.2, 0.25) is 0 Å². The van der Waals surface area contributed by atoms with Crippen LogP contribution in [0, 0.1) is 5.82 Å². The van der Waals surface area contributed by atoms with Crippen molar-refractivity contribution >= 4 is 10.2 Å². The molecular weight excluding hydrogens is 293 g/mol. The van der Waals surface area contributed by atoms with E-state index in [1.54, 1.807) is 12.1 Å². The third-order valence-electron chi connectivity index (χ3n) is 3.74. The maximum Gasteiger partial charge on any atom is 0.279 e. The molecule has 0 bridgehead atoms. The summed E-state index contributed by atoms with van der Waals surface area (Å²) in [4.78, 5) is 0. The highest BCUT2D eigenvalue weighted by molar-refractivity contribution is 7.87. The van der Waals surface area contributed by atoms with E-state index >= 15 is 0 Å². The molecule has 1 heterocycles. The lowest BCUT2D eigenvalue weighted by molar-refractivity contribution is 0.254. The maximum absolute atomic E-state index is 13.1. The average molecular weight is 315 g/mol. The Morgan fingerprint density at radius 2 is 2.19 bits per heavy atom.